The fraction of sp³-hybridized carbons (Fsp3) is 0.750. The second-order valence-electron chi connectivity index (χ2n) is 9.42. The van der Waals surface area contributed by atoms with E-state index in [1.807, 2.05) is 13.2 Å². The Hall–Kier alpha value is -1.13. The van der Waals surface area contributed by atoms with E-state index in [-0.39, 0.29) is 24.0 Å². The minimum atomic E-state index is 0. The lowest BCUT2D eigenvalue weighted by molar-refractivity contribution is 0.0315. The number of aromatic nitrogens is 1. The van der Waals surface area contributed by atoms with Gasteiger partial charge in [-0.25, -0.2) is 4.98 Å². The van der Waals surface area contributed by atoms with Gasteiger partial charge in [0.15, 0.2) is 5.96 Å². The van der Waals surface area contributed by atoms with Crippen molar-refractivity contribution in [1.82, 2.24) is 20.1 Å². The lowest BCUT2D eigenvalue weighted by Crippen LogP contribution is -2.42. The van der Waals surface area contributed by atoms with Crippen molar-refractivity contribution in [3.8, 4) is 5.88 Å². The van der Waals surface area contributed by atoms with Gasteiger partial charge in [0.05, 0.1) is 13.2 Å². The molecule has 1 aromatic rings. The van der Waals surface area contributed by atoms with E-state index in [1.54, 1.807) is 0 Å². The quantitative estimate of drug-likeness (QED) is 0.329. The van der Waals surface area contributed by atoms with Crippen LogP contribution >= 0.6 is 24.0 Å². The highest BCUT2D eigenvalue weighted by Crippen LogP contribution is 2.26. The third-order valence-corrected chi connectivity index (χ3v) is 6.92. The number of hydrogen-bond acceptors (Lipinski definition) is 5. The highest BCUT2D eigenvalue weighted by molar-refractivity contribution is 14.0. The number of likely N-dealkylation sites (tertiary alicyclic amines) is 1. The normalized spacial score (nSPS) is 27.1. The maximum Gasteiger partial charge on any atom is 0.213 e. The Morgan fingerprint density at radius 2 is 1.97 bits per heavy atom. The van der Waals surface area contributed by atoms with Gasteiger partial charge in [0, 0.05) is 58.6 Å². The fourth-order valence-corrected chi connectivity index (χ4v) is 4.98. The van der Waals surface area contributed by atoms with E-state index >= 15 is 0 Å². The standard InChI is InChI=1S/C24H39N5O2.HI/c1-19-3-5-22(6-4-19)31-23-15-20(7-9-26-23)16-27-24(25-2)29-10-8-21(18-29)17-28-11-13-30-14-12-28;/h7,9,15,19,21-22H,3-6,8,10-14,16-18H2,1-2H3,(H,25,27);1H. The monoisotopic (exact) mass is 557 g/mol. The van der Waals surface area contributed by atoms with Crippen molar-refractivity contribution >= 4 is 29.9 Å². The summed E-state index contributed by atoms with van der Waals surface area (Å²) in [5.74, 6) is 3.27. The Morgan fingerprint density at radius 1 is 1.19 bits per heavy atom. The molecule has 1 aromatic heterocycles. The number of guanidine groups is 1. The van der Waals surface area contributed by atoms with Crippen molar-refractivity contribution in [2.75, 3.05) is 53.0 Å². The lowest BCUT2D eigenvalue weighted by Gasteiger charge is -2.29. The van der Waals surface area contributed by atoms with E-state index < -0.39 is 0 Å². The largest absolute Gasteiger partial charge is 0.474 e. The Labute approximate surface area is 210 Å². The Morgan fingerprint density at radius 3 is 2.72 bits per heavy atom. The molecule has 3 heterocycles. The highest BCUT2D eigenvalue weighted by atomic mass is 127. The molecular weight excluding hydrogens is 517 g/mol. The fourth-order valence-electron chi connectivity index (χ4n) is 4.98. The Kier molecular flexibility index (Phi) is 10.3. The lowest BCUT2D eigenvalue weighted by atomic mass is 9.89. The molecule has 3 fully saturated rings. The van der Waals surface area contributed by atoms with Crippen LogP contribution in [0.4, 0.5) is 0 Å². The second kappa shape index (κ2) is 12.9. The van der Waals surface area contributed by atoms with Crippen LogP contribution in [0.15, 0.2) is 23.3 Å². The van der Waals surface area contributed by atoms with Gasteiger partial charge in [-0.1, -0.05) is 6.92 Å². The van der Waals surface area contributed by atoms with Crippen LogP contribution in [0.5, 0.6) is 5.88 Å². The Bertz CT molecular complexity index is 720. The van der Waals surface area contributed by atoms with Crippen molar-refractivity contribution < 1.29 is 9.47 Å². The van der Waals surface area contributed by atoms with Crippen molar-refractivity contribution in [2.24, 2.45) is 16.8 Å². The number of aliphatic imine (C=N–C) groups is 1. The number of ether oxygens (including phenoxy) is 2. The first kappa shape index (κ1) is 25.5. The molecule has 0 aromatic carbocycles. The van der Waals surface area contributed by atoms with Gasteiger partial charge < -0.3 is 19.7 Å². The van der Waals surface area contributed by atoms with Gasteiger partial charge in [0.1, 0.15) is 6.10 Å². The molecule has 1 atom stereocenters. The zero-order valence-electron chi connectivity index (χ0n) is 19.7. The maximum absolute atomic E-state index is 6.17. The molecule has 2 aliphatic heterocycles. The number of nitrogens with one attached hydrogen (secondary N) is 1. The second-order valence-corrected chi connectivity index (χ2v) is 9.42. The molecule has 0 amide bonds. The summed E-state index contributed by atoms with van der Waals surface area (Å²) in [6.45, 7) is 10.2. The van der Waals surface area contributed by atoms with Gasteiger partial charge in [-0.05, 0) is 55.6 Å². The number of pyridine rings is 1. The van der Waals surface area contributed by atoms with Crippen molar-refractivity contribution in [3.05, 3.63) is 23.9 Å². The van der Waals surface area contributed by atoms with Crippen molar-refractivity contribution in [2.45, 2.75) is 51.7 Å². The van der Waals surface area contributed by atoms with E-state index in [2.05, 4.69) is 44.1 Å². The minimum Gasteiger partial charge on any atom is -0.474 e. The van der Waals surface area contributed by atoms with E-state index in [0.717, 1.165) is 76.5 Å². The molecule has 1 N–H and O–H groups in total. The number of nitrogens with zero attached hydrogens (tertiary/aromatic N) is 4. The predicted octanol–water partition coefficient (Wildman–Crippen LogP) is 3.39. The van der Waals surface area contributed by atoms with Crippen LogP contribution in [-0.2, 0) is 11.3 Å². The first-order valence-corrected chi connectivity index (χ1v) is 12.1. The van der Waals surface area contributed by atoms with Crippen molar-refractivity contribution in [1.29, 1.82) is 0 Å². The summed E-state index contributed by atoms with van der Waals surface area (Å²) >= 11 is 0. The molecule has 1 saturated carbocycles. The van der Waals surface area contributed by atoms with Crippen LogP contribution in [0.3, 0.4) is 0 Å². The van der Waals surface area contributed by atoms with Crippen LogP contribution in [0, 0.1) is 11.8 Å². The molecule has 0 radical (unpaired) electrons. The van der Waals surface area contributed by atoms with Gasteiger partial charge in [0.25, 0.3) is 0 Å². The third-order valence-electron chi connectivity index (χ3n) is 6.92. The SMILES string of the molecule is CN=C(NCc1ccnc(OC2CCC(C)CC2)c1)N1CCC(CN2CCOCC2)C1.I. The molecule has 0 spiro atoms. The summed E-state index contributed by atoms with van der Waals surface area (Å²) in [4.78, 5) is 13.9. The topological polar surface area (TPSA) is 62.2 Å². The van der Waals surface area contributed by atoms with Crippen LogP contribution < -0.4 is 10.1 Å². The van der Waals surface area contributed by atoms with E-state index in [9.17, 15) is 0 Å². The number of halogens is 1. The molecular formula is C24H40IN5O2. The van der Waals surface area contributed by atoms with Crippen LogP contribution in [0.2, 0.25) is 0 Å². The van der Waals surface area contributed by atoms with Crippen molar-refractivity contribution in [3.63, 3.8) is 0 Å². The van der Waals surface area contributed by atoms with E-state index in [4.69, 9.17) is 9.47 Å². The molecule has 2 saturated heterocycles. The molecule has 1 unspecified atom stereocenters. The van der Waals surface area contributed by atoms with Crippen LogP contribution in [0.1, 0.15) is 44.6 Å². The van der Waals surface area contributed by atoms with Crippen LogP contribution in [-0.4, -0.2) is 79.8 Å². The van der Waals surface area contributed by atoms with Gasteiger partial charge in [-0.3, -0.25) is 9.89 Å². The zero-order chi connectivity index (χ0) is 21.5. The first-order valence-electron chi connectivity index (χ1n) is 12.1. The molecule has 1 aliphatic carbocycles. The smallest absolute Gasteiger partial charge is 0.213 e. The summed E-state index contributed by atoms with van der Waals surface area (Å²) in [5.41, 5.74) is 1.18. The van der Waals surface area contributed by atoms with Gasteiger partial charge in [-0.15, -0.1) is 24.0 Å². The van der Waals surface area contributed by atoms with E-state index in [0.29, 0.717) is 12.0 Å². The molecule has 0 bridgehead atoms. The third kappa shape index (κ3) is 7.45. The first-order chi connectivity index (χ1) is 15.2. The summed E-state index contributed by atoms with van der Waals surface area (Å²) in [5, 5.41) is 3.55. The maximum atomic E-state index is 6.17. The van der Waals surface area contributed by atoms with E-state index in [1.165, 1.54) is 31.4 Å². The number of morpholine rings is 1. The summed E-state index contributed by atoms with van der Waals surface area (Å²) in [7, 11) is 1.88. The Balaban J connectivity index is 0.00000289. The molecule has 180 valence electrons. The average molecular weight is 558 g/mol. The van der Waals surface area contributed by atoms with Crippen LogP contribution in [0.25, 0.3) is 0 Å². The van der Waals surface area contributed by atoms with Gasteiger partial charge >= 0.3 is 0 Å². The zero-order valence-corrected chi connectivity index (χ0v) is 22.0. The van der Waals surface area contributed by atoms with Gasteiger partial charge in [0.2, 0.25) is 5.88 Å². The summed E-state index contributed by atoms with van der Waals surface area (Å²) in [6, 6.07) is 4.13. The molecule has 3 aliphatic rings. The average Bonchev–Trinajstić information content (AvgIpc) is 3.25. The minimum absolute atomic E-state index is 0. The molecule has 4 rings (SSSR count). The van der Waals surface area contributed by atoms with Gasteiger partial charge in [-0.2, -0.15) is 0 Å². The number of rotatable bonds is 6. The molecule has 32 heavy (non-hydrogen) atoms. The highest BCUT2D eigenvalue weighted by Gasteiger charge is 2.27. The molecule has 7 nitrogen and oxygen atoms in total. The summed E-state index contributed by atoms with van der Waals surface area (Å²) in [6.07, 6.45) is 8.18. The predicted molar refractivity (Wildman–Crippen MR) is 139 cm³/mol. The number of hydrogen-bond donors (Lipinski definition) is 1. The summed E-state index contributed by atoms with van der Waals surface area (Å²) < 4.78 is 11.6. The molecule has 8 heteroatoms.